The van der Waals surface area contributed by atoms with Gasteiger partial charge in [-0.1, -0.05) is 31.6 Å². The molecule has 2 heterocycles. The molecule has 0 radical (unpaired) electrons. The molecule has 4 rings (SSSR count). The number of carbonyl (C=O) groups is 1. The average Bonchev–Trinajstić information content (AvgIpc) is 3.23. The number of unbranched alkanes of at least 4 members (excludes halogenated alkanes) is 1. The van der Waals surface area contributed by atoms with Gasteiger partial charge in [-0.15, -0.1) is 12.4 Å². The Hall–Kier alpha value is -2.72. The fraction of sp³-hybridized carbons (Fsp3) is 0.360. The number of hydrogen-bond acceptors (Lipinski definition) is 6. The molecule has 1 fully saturated rings. The third-order valence-electron chi connectivity index (χ3n) is 5.85. The van der Waals surface area contributed by atoms with Crippen LogP contribution in [0.25, 0.3) is 23.2 Å². The highest BCUT2D eigenvalue weighted by atomic mass is 35.5. The maximum atomic E-state index is 13.1. The number of morpholine rings is 1. The van der Waals surface area contributed by atoms with Gasteiger partial charge in [0.2, 0.25) is 10.0 Å². The third kappa shape index (κ3) is 5.92. The average molecular weight is 520 g/mol. The van der Waals surface area contributed by atoms with Gasteiger partial charge in [0.15, 0.2) is 0 Å². The van der Waals surface area contributed by atoms with E-state index in [1.54, 1.807) is 24.3 Å². The Kier molecular flexibility index (Phi) is 9.07. The zero-order valence-corrected chi connectivity index (χ0v) is 21.5. The highest BCUT2D eigenvalue weighted by molar-refractivity contribution is 7.89. The first kappa shape index (κ1) is 26.9. The topological polar surface area (TPSA) is 90.7 Å². The van der Waals surface area contributed by atoms with Gasteiger partial charge >= 0.3 is 5.97 Å². The highest BCUT2D eigenvalue weighted by Crippen LogP contribution is 2.25. The zero-order chi connectivity index (χ0) is 24.1. The van der Waals surface area contributed by atoms with Crippen molar-refractivity contribution in [3.05, 3.63) is 59.4 Å². The van der Waals surface area contributed by atoms with Gasteiger partial charge < -0.3 is 14.0 Å². The van der Waals surface area contributed by atoms with E-state index in [-0.39, 0.29) is 23.3 Å². The van der Waals surface area contributed by atoms with Crippen LogP contribution in [0.15, 0.2) is 47.4 Å². The number of esters is 1. The molecule has 1 saturated heterocycles. The van der Waals surface area contributed by atoms with Crippen molar-refractivity contribution >= 4 is 51.6 Å². The molecule has 2 aromatic carbocycles. The number of carbonyl (C=O) groups excluding carboxylic acids is 1. The number of halogens is 1. The summed E-state index contributed by atoms with van der Waals surface area (Å²) >= 11 is 0. The first-order valence-electron chi connectivity index (χ1n) is 11.4. The number of sulfonamides is 1. The lowest BCUT2D eigenvalue weighted by Gasteiger charge is -2.26. The summed E-state index contributed by atoms with van der Waals surface area (Å²) in [5, 5.41) is 0. The summed E-state index contributed by atoms with van der Waals surface area (Å²) in [6.07, 6.45) is 5.85. The van der Waals surface area contributed by atoms with Crippen LogP contribution in [0.2, 0.25) is 0 Å². The lowest BCUT2D eigenvalue weighted by Crippen LogP contribution is -2.40. The Morgan fingerprint density at radius 2 is 1.83 bits per heavy atom. The SMILES string of the molecule is CCCCn1c(/C=C/c2ccc(C(=O)OC)cc2)nc2cc(S(=O)(=O)N3CCOCC3)ccc21.Cl. The molecule has 10 heteroatoms. The molecule has 1 aromatic heterocycles. The fourth-order valence-corrected chi connectivity index (χ4v) is 5.35. The van der Waals surface area contributed by atoms with Gasteiger partial charge in [0.1, 0.15) is 5.82 Å². The highest BCUT2D eigenvalue weighted by Gasteiger charge is 2.27. The van der Waals surface area contributed by atoms with Crippen molar-refractivity contribution in [3.8, 4) is 0 Å². The summed E-state index contributed by atoms with van der Waals surface area (Å²) in [5.74, 6) is 0.376. The maximum Gasteiger partial charge on any atom is 0.337 e. The van der Waals surface area contributed by atoms with E-state index in [9.17, 15) is 13.2 Å². The molecule has 0 bridgehead atoms. The minimum atomic E-state index is -3.59. The van der Waals surface area contributed by atoms with E-state index < -0.39 is 10.0 Å². The number of imidazole rings is 1. The summed E-state index contributed by atoms with van der Waals surface area (Å²) in [6.45, 7) is 4.43. The van der Waals surface area contributed by atoms with E-state index in [2.05, 4.69) is 11.5 Å². The van der Waals surface area contributed by atoms with Crippen molar-refractivity contribution in [3.63, 3.8) is 0 Å². The molecule has 3 aromatic rings. The first-order valence-corrected chi connectivity index (χ1v) is 12.8. The molecule has 0 amide bonds. The Morgan fingerprint density at radius 1 is 1.11 bits per heavy atom. The predicted octanol–water partition coefficient (Wildman–Crippen LogP) is 4.24. The Labute approximate surface area is 212 Å². The van der Waals surface area contributed by atoms with Crippen LogP contribution in [0, 0.1) is 0 Å². The zero-order valence-electron chi connectivity index (χ0n) is 19.8. The molecule has 0 saturated carbocycles. The quantitative estimate of drug-likeness (QED) is 0.413. The van der Waals surface area contributed by atoms with Crippen molar-refractivity contribution in [2.75, 3.05) is 33.4 Å². The lowest BCUT2D eigenvalue weighted by molar-refractivity contribution is 0.0600. The second-order valence-corrected chi connectivity index (χ2v) is 10.0. The lowest BCUT2D eigenvalue weighted by atomic mass is 10.1. The predicted molar refractivity (Wildman–Crippen MR) is 138 cm³/mol. The number of fused-ring (bicyclic) bond motifs is 1. The van der Waals surface area contributed by atoms with Crippen LogP contribution in [0.3, 0.4) is 0 Å². The molecule has 0 aliphatic carbocycles. The normalized spacial score (nSPS) is 14.8. The number of methoxy groups -OCH3 is 1. The Morgan fingerprint density at radius 3 is 2.49 bits per heavy atom. The maximum absolute atomic E-state index is 13.1. The van der Waals surface area contributed by atoms with Crippen LogP contribution in [0.4, 0.5) is 0 Å². The van der Waals surface area contributed by atoms with Crippen LogP contribution in [-0.4, -0.2) is 61.7 Å². The minimum absolute atomic E-state index is 0. The van der Waals surface area contributed by atoms with Crippen LogP contribution in [0.5, 0.6) is 0 Å². The number of ether oxygens (including phenoxy) is 2. The standard InChI is InChI=1S/C25H29N3O5S.ClH/c1-3-4-13-28-23-11-10-21(34(30,31)27-14-16-33-17-15-27)18-22(23)26-24(28)12-7-19-5-8-20(9-6-19)25(29)32-2;/h5-12,18H,3-4,13-17H2,1-2H3;1H/b12-7+;. The van der Waals surface area contributed by atoms with Crippen LogP contribution < -0.4 is 0 Å². The van der Waals surface area contributed by atoms with Gasteiger partial charge in [0, 0.05) is 19.6 Å². The molecule has 35 heavy (non-hydrogen) atoms. The van der Waals surface area contributed by atoms with E-state index in [1.807, 2.05) is 30.4 Å². The largest absolute Gasteiger partial charge is 0.465 e. The van der Waals surface area contributed by atoms with Gasteiger partial charge in [-0.2, -0.15) is 4.31 Å². The summed E-state index contributed by atoms with van der Waals surface area (Å²) in [6, 6.07) is 12.3. The van der Waals surface area contributed by atoms with Gasteiger partial charge in [0.25, 0.3) is 0 Å². The van der Waals surface area contributed by atoms with Crippen LogP contribution in [-0.2, 0) is 26.0 Å². The van der Waals surface area contributed by atoms with Gasteiger partial charge in [-0.25, -0.2) is 18.2 Å². The van der Waals surface area contributed by atoms with Crippen molar-refractivity contribution in [2.24, 2.45) is 0 Å². The van der Waals surface area contributed by atoms with Crippen molar-refractivity contribution in [1.82, 2.24) is 13.9 Å². The molecular weight excluding hydrogens is 490 g/mol. The summed E-state index contributed by atoms with van der Waals surface area (Å²) in [4.78, 5) is 16.6. The molecule has 0 N–H and O–H groups in total. The number of benzene rings is 2. The Bertz CT molecular complexity index is 1300. The van der Waals surface area contributed by atoms with Gasteiger partial charge in [0.05, 0.1) is 41.8 Å². The van der Waals surface area contributed by atoms with Crippen molar-refractivity contribution in [1.29, 1.82) is 0 Å². The molecule has 8 nitrogen and oxygen atoms in total. The second kappa shape index (κ2) is 11.8. The molecule has 1 aliphatic rings. The monoisotopic (exact) mass is 519 g/mol. The summed E-state index contributed by atoms with van der Waals surface area (Å²) < 4.78 is 39.8. The number of aromatic nitrogens is 2. The van der Waals surface area contributed by atoms with E-state index in [1.165, 1.54) is 11.4 Å². The van der Waals surface area contributed by atoms with Crippen molar-refractivity contribution < 1.29 is 22.7 Å². The first-order chi connectivity index (χ1) is 16.4. The number of aryl methyl sites for hydroxylation is 1. The Balaban J connectivity index is 0.00000342. The molecule has 0 unspecified atom stereocenters. The number of rotatable bonds is 8. The molecule has 0 atom stereocenters. The summed E-state index contributed by atoms with van der Waals surface area (Å²) in [5.41, 5.74) is 2.95. The fourth-order valence-electron chi connectivity index (χ4n) is 3.92. The second-order valence-electron chi connectivity index (χ2n) is 8.09. The molecule has 1 aliphatic heterocycles. The van der Waals surface area contributed by atoms with Gasteiger partial charge in [-0.05, 0) is 48.4 Å². The molecule has 0 spiro atoms. The number of nitrogens with zero attached hydrogens (tertiary/aromatic N) is 3. The van der Waals surface area contributed by atoms with E-state index in [4.69, 9.17) is 14.5 Å². The molecule has 188 valence electrons. The molecular formula is C25H30ClN3O5S. The van der Waals surface area contributed by atoms with Gasteiger partial charge in [-0.3, -0.25) is 0 Å². The van der Waals surface area contributed by atoms with Crippen molar-refractivity contribution in [2.45, 2.75) is 31.2 Å². The minimum Gasteiger partial charge on any atom is -0.465 e. The van der Waals surface area contributed by atoms with Crippen LogP contribution in [0.1, 0.15) is 41.5 Å². The number of hydrogen-bond donors (Lipinski definition) is 0. The van der Waals surface area contributed by atoms with E-state index in [0.29, 0.717) is 37.4 Å². The summed E-state index contributed by atoms with van der Waals surface area (Å²) in [7, 11) is -2.24. The third-order valence-corrected chi connectivity index (χ3v) is 7.74. The van der Waals surface area contributed by atoms with Crippen LogP contribution >= 0.6 is 12.4 Å². The van der Waals surface area contributed by atoms with E-state index in [0.717, 1.165) is 36.3 Å². The van der Waals surface area contributed by atoms with E-state index >= 15 is 0 Å². The smallest absolute Gasteiger partial charge is 0.337 e.